The molecule has 0 spiro atoms. The molecule has 5 aliphatic rings. The third-order valence-corrected chi connectivity index (χ3v) is 15.3. The Morgan fingerprint density at radius 1 is 0.864 bits per heavy atom. The lowest BCUT2D eigenvalue weighted by molar-refractivity contribution is -0.139. The number of imidazole rings is 2. The number of aromatic amines is 2. The molecule has 16 nitrogen and oxygen atoms in total. The summed E-state index contributed by atoms with van der Waals surface area (Å²) < 4.78 is 21.9. The van der Waals surface area contributed by atoms with Crippen molar-refractivity contribution in [2.45, 2.75) is 121 Å². The monoisotopic (exact) mass is 900 g/mol. The van der Waals surface area contributed by atoms with E-state index in [4.69, 9.17) is 28.9 Å². The van der Waals surface area contributed by atoms with Gasteiger partial charge < -0.3 is 49.3 Å². The van der Waals surface area contributed by atoms with Gasteiger partial charge in [-0.3, -0.25) is 9.59 Å². The van der Waals surface area contributed by atoms with Crippen molar-refractivity contribution >= 4 is 45.8 Å². The van der Waals surface area contributed by atoms with Gasteiger partial charge in [-0.25, -0.2) is 19.6 Å². The molecule has 4 aliphatic heterocycles. The Kier molecular flexibility index (Phi) is 11.9. The Morgan fingerprint density at radius 2 is 1.67 bits per heavy atom. The van der Waals surface area contributed by atoms with Crippen molar-refractivity contribution in [1.29, 1.82) is 0 Å². The second kappa shape index (κ2) is 17.9. The number of methoxy groups -OCH3 is 2. The summed E-state index contributed by atoms with van der Waals surface area (Å²) in [6, 6.07) is 12.9. The third kappa shape index (κ3) is 7.79. The molecule has 16 heteroatoms. The van der Waals surface area contributed by atoms with Crippen LogP contribution >= 0.6 is 0 Å². The highest BCUT2D eigenvalue weighted by atomic mass is 16.5. The van der Waals surface area contributed by atoms with Gasteiger partial charge in [-0.2, -0.15) is 0 Å². The van der Waals surface area contributed by atoms with Crippen molar-refractivity contribution in [1.82, 2.24) is 40.4 Å². The van der Waals surface area contributed by atoms with Crippen molar-refractivity contribution < 1.29 is 38.1 Å². The number of alkyl carbamates (subject to hydrolysis) is 2. The number of aromatic nitrogens is 4. The number of hydrogen-bond acceptors (Lipinski definition) is 10. The summed E-state index contributed by atoms with van der Waals surface area (Å²) in [6.45, 7) is 7.55. The molecule has 8 unspecified atom stereocenters. The van der Waals surface area contributed by atoms with E-state index < -0.39 is 24.3 Å². The van der Waals surface area contributed by atoms with Crippen LogP contribution in [-0.2, 0) is 30.4 Å². The van der Waals surface area contributed by atoms with Crippen LogP contribution in [0.5, 0.6) is 5.75 Å². The van der Waals surface area contributed by atoms with Crippen molar-refractivity contribution in [2.24, 2.45) is 17.8 Å². The number of nitrogens with zero attached hydrogens (tertiary/aromatic N) is 4. The summed E-state index contributed by atoms with van der Waals surface area (Å²) in [4.78, 5) is 74.8. The zero-order valence-electron chi connectivity index (χ0n) is 38.4. The highest BCUT2D eigenvalue weighted by Gasteiger charge is 2.50. The summed E-state index contributed by atoms with van der Waals surface area (Å²) in [5.74, 6) is 2.31. The van der Waals surface area contributed by atoms with Crippen LogP contribution in [-0.4, -0.2) is 105 Å². The van der Waals surface area contributed by atoms with Crippen molar-refractivity contribution in [3.05, 3.63) is 65.9 Å². The van der Waals surface area contributed by atoms with E-state index >= 15 is 0 Å². The highest BCUT2D eigenvalue weighted by Crippen LogP contribution is 2.48. The maximum Gasteiger partial charge on any atom is 0.407 e. The van der Waals surface area contributed by atoms with Crippen LogP contribution in [0.25, 0.3) is 44.2 Å². The number of carbonyl (C=O) groups is 4. The number of amides is 4. The molecule has 2 aromatic heterocycles. The predicted octanol–water partition coefficient (Wildman–Crippen LogP) is 8.08. The fourth-order valence-electron chi connectivity index (χ4n) is 11.6. The Labute approximate surface area is 383 Å². The first kappa shape index (κ1) is 43.7. The molecule has 0 radical (unpaired) electrons. The van der Waals surface area contributed by atoms with E-state index in [-0.39, 0.29) is 47.8 Å². The number of fused-ring (bicyclic) bond motifs is 7. The molecule has 5 aromatic rings. The molecule has 4 N–H and O–H groups in total. The molecule has 4 fully saturated rings. The third-order valence-electron chi connectivity index (χ3n) is 15.3. The molecule has 1 aliphatic carbocycles. The number of likely N-dealkylation sites (tertiary alicyclic amines) is 2. The Balaban J connectivity index is 0.906. The second-order valence-electron chi connectivity index (χ2n) is 19.0. The quantitative estimate of drug-likeness (QED) is 0.107. The number of ether oxygens (including phenoxy) is 4. The zero-order valence-corrected chi connectivity index (χ0v) is 38.4. The average Bonchev–Trinajstić information content (AvgIpc) is 4.20. The molecular weight excluding hydrogens is 841 g/mol. The molecule has 0 bridgehead atoms. The lowest BCUT2D eigenvalue weighted by Gasteiger charge is -2.36. The largest absolute Gasteiger partial charge is 0.488 e. The minimum absolute atomic E-state index is 0.0378. The van der Waals surface area contributed by atoms with Crippen LogP contribution in [0, 0.1) is 17.8 Å². The van der Waals surface area contributed by atoms with Gasteiger partial charge >= 0.3 is 12.2 Å². The summed E-state index contributed by atoms with van der Waals surface area (Å²) in [6.07, 6.45) is 8.21. The Morgan fingerprint density at radius 3 is 2.45 bits per heavy atom. The molecule has 3 aromatic carbocycles. The number of rotatable bonds is 10. The van der Waals surface area contributed by atoms with E-state index in [1.165, 1.54) is 14.2 Å². The van der Waals surface area contributed by atoms with Gasteiger partial charge in [-0.05, 0) is 116 Å². The lowest BCUT2D eigenvalue weighted by Crippen LogP contribution is -2.54. The lowest BCUT2D eigenvalue weighted by atomic mass is 9.90. The summed E-state index contributed by atoms with van der Waals surface area (Å²) in [5.41, 5.74) is 6.66. The second-order valence-corrected chi connectivity index (χ2v) is 19.0. The average molecular weight is 901 g/mol. The fraction of sp³-hybridized carbons (Fsp3) is 0.520. The maximum atomic E-state index is 14.4. The van der Waals surface area contributed by atoms with Crippen molar-refractivity contribution in [3.8, 4) is 28.1 Å². The van der Waals surface area contributed by atoms with Gasteiger partial charge in [-0.1, -0.05) is 44.9 Å². The SMILES string of the molecule is CCC(C)C(NC(=O)OC)C(=O)N1C(c2ncc(-c3ccc4c(c3)COc3cc5c(ccc6[nH]c(C7CCC(C)N7C(=O)C(NC(=O)OC)C7CCOCC7)nc65)cc3-4)[nH]2)CC2CCCC21. The van der Waals surface area contributed by atoms with Gasteiger partial charge in [0.05, 0.1) is 49.2 Å². The zero-order chi connectivity index (χ0) is 45.8. The number of H-pyrrole nitrogens is 2. The van der Waals surface area contributed by atoms with E-state index in [0.717, 1.165) is 112 Å². The molecule has 348 valence electrons. The van der Waals surface area contributed by atoms with E-state index in [9.17, 15) is 19.2 Å². The Bertz CT molecular complexity index is 2670. The van der Waals surface area contributed by atoms with E-state index in [2.05, 4.69) is 63.9 Å². The van der Waals surface area contributed by atoms with Crippen LogP contribution in [0.4, 0.5) is 9.59 Å². The fourth-order valence-corrected chi connectivity index (χ4v) is 11.6. The van der Waals surface area contributed by atoms with E-state index in [0.29, 0.717) is 38.6 Å². The highest BCUT2D eigenvalue weighted by molar-refractivity contribution is 6.07. The van der Waals surface area contributed by atoms with Gasteiger partial charge in [0.25, 0.3) is 0 Å². The number of hydrogen-bond donors (Lipinski definition) is 4. The molecular formula is C50H60N8O8. The number of benzene rings is 3. The Hall–Kier alpha value is -6.16. The molecule has 4 amide bonds. The minimum atomic E-state index is -0.722. The molecule has 8 atom stereocenters. The summed E-state index contributed by atoms with van der Waals surface area (Å²) in [5, 5.41) is 7.67. The van der Waals surface area contributed by atoms with Gasteiger partial charge in [0, 0.05) is 36.2 Å². The first-order chi connectivity index (χ1) is 32.0. The van der Waals surface area contributed by atoms with Crippen molar-refractivity contribution in [3.63, 3.8) is 0 Å². The predicted molar refractivity (Wildman–Crippen MR) is 246 cm³/mol. The van der Waals surface area contributed by atoms with Gasteiger partial charge in [0.2, 0.25) is 11.8 Å². The van der Waals surface area contributed by atoms with Crippen LogP contribution in [0.1, 0.15) is 108 Å². The molecule has 66 heavy (non-hydrogen) atoms. The summed E-state index contributed by atoms with van der Waals surface area (Å²) in [7, 11) is 2.64. The molecule has 6 heterocycles. The first-order valence-corrected chi connectivity index (χ1v) is 23.7. The molecule has 1 saturated carbocycles. The van der Waals surface area contributed by atoms with Crippen LogP contribution in [0.3, 0.4) is 0 Å². The normalized spacial score (nSPS) is 24.0. The van der Waals surface area contributed by atoms with E-state index in [1.54, 1.807) is 0 Å². The number of nitrogens with one attached hydrogen (secondary N) is 4. The smallest absolute Gasteiger partial charge is 0.407 e. The van der Waals surface area contributed by atoms with Gasteiger partial charge in [0.1, 0.15) is 36.1 Å². The minimum Gasteiger partial charge on any atom is -0.488 e. The maximum absolute atomic E-state index is 14.4. The molecule has 10 rings (SSSR count). The molecule has 3 saturated heterocycles. The van der Waals surface area contributed by atoms with Crippen molar-refractivity contribution in [2.75, 3.05) is 27.4 Å². The number of carbonyl (C=O) groups excluding carboxylic acids is 4. The summed E-state index contributed by atoms with van der Waals surface area (Å²) >= 11 is 0. The van der Waals surface area contributed by atoms with E-state index in [1.807, 2.05) is 35.9 Å². The van der Waals surface area contributed by atoms with Crippen LogP contribution in [0.2, 0.25) is 0 Å². The van der Waals surface area contributed by atoms with Crippen LogP contribution < -0.4 is 15.4 Å². The first-order valence-electron chi connectivity index (χ1n) is 23.7. The topological polar surface area (TPSA) is 193 Å². The van der Waals surface area contributed by atoms with Gasteiger partial charge in [0.15, 0.2) is 0 Å². The van der Waals surface area contributed by atoms with Crippen LogP contribution in [0.15, 0.2) is 48.7 Å². The standard InChI is InChI=1S/C50H60N8O8/c1-6-26(2)42(55-49(61)63-4)47(59)58-38-9-7-8-31(38)22-40(58)45-51-24-37(53-45)30-11-13-33-32(20-30)25-66-41-23-34-29(21-35(33)41)12-14-36-44(34)54-46(52-36)39-15-10-27(3)57(39)48(60)43(56-50(62)64-5)28-16-18-65-19-17-28/h11-14,20-21,23-24,26-28,31,38-40,42-43H,6-10,15-19,22,25H2,1-5H3,(H,51,53)(H,52,54)(H,55,61)(H,56,62). The van der Waals surface area contributed by atoms with Gasteiger partial charge in [-0.15, -0.1) is 0 Å².